The zero-order valence-electron chi connectivity index (χ0n) is 20.6. The van der Waals surface area contributed by atoms with Crippen molar-refractivity contribution in [2.24, 2.45) is 11.3 Å². The van der Waals surface area contributed by atoms with Crippen LogP contribution in [-0.2, 0) is 15.0 Å². The quantitative estimate of drug-likeness (QED) is 0.459. The highest BCUT2D eigenvalue weighted by Crippen LogP contribution is 2.63. The molecule has 2 saturated carbocycles. The fraction of sp³-hybridized carbons (Fsp3) is 0.517. The lowest BCUT2D eigenvalue weighted by atomic mass is 9.57. The second kappa shape index (κ2) is 8.28. The largest absolute Gasteiger partial charge is 0.325 e. The molecule has 7 heteroatoms. The van der Waals surface area contributed by atoms with Gasteiger partial charge in [0.1, 0.15) is 11.2 Å². The van der Waals surface area contributed by atoms with Gasteiger partial charge in [-0.2, -0.15) is 0 Å². The fourth-order valence-corrected chi connectivity index (χ4v) is 8.50. The van der Waals surface area contributed by atoms with E-state index in [-0.39, 0.29) is 22.1 Å². The summed E-state index contributed by atoms with van der Waals surface area (Å²) in [7, 11) is 0. The Morgan fingerprint density at radius 1 is 1.11 bits per heavy atom. The number of hydrogen-bond donors (Lipinski definition) is 2. The molecule has 0 bridgehead atoms. The Hall–Kier alpha value is -1.95. The van der Waals surface area contributed by atoms with Crippen LogP contribution in [0.5, 0.6) is 0 Å². The molecule has 2 N–H and O–H groups in total. The molecule has 1 saturated heterocycles. The fourth-order valence-electron chi connectivity index (χ4n) is 8.15. The topological polar surface area (TPSA) is 58.2 Å². The van der Waals surface area contributed by atoms with Crippen LogP contribution in [0, 0.1) is 17.2 Å². The van der Waals surface area contributed by atoms with Gasteiger partial charge in [-0.3, -0.25) is 14.9 Å². The maximum absolute atomic E-state index is 15.8. The van der Waals surface area contributed by atoms with Crippen LogP contribution in [0.3, 0.4) is 0 Å². The van der Waals surface area contributed by atoms with Gasteiger partial charge in [0.2, 0.25) is 5.91 Å². The van der Waals surface area contributed by atoms with E-state index in [0.29, 0.717) is 28.6 Å². The van der Waals surface area contributed by atoms with Crippen molar-refractivity contribution in [2.75, 3.05) is 5.32 Å². The van der Waals surface area contributed by atoms with Crippen LogP contribution in [0.15, 0.2) is 36.4 Å². The van der Waals surface area contributed by atoms with Crippen LogP contribution < -0.4 is 10.6 Å². The van der Waals surface area contributed by atoms with Crippen molar-refractivity contribution in [1.82, 2.24) is 5.32 Å². The highest BCUT2D eigenvalue weighted by Gasteiger charge is 2.72. The molecule has 2 aliphatic carbocycles. The van der Waals surface area contributed by atoms with Gasteiger partial charge in [-0.25, -0.2) is 4.39 Å². The highest BCUT2D eigenvalue weighted by molar-refractivity contribution is 6.31. The Kier molecular flexibility index (Phi) is 5.61. The number of Topliss-reactive ketones (excluding diaryl/α,β-unsaturated/α-hetero) is 1. The summed E-state index contributed by atoms with van der Waals surface area (Å²) >= 11 is 12.6. The van der Waals surface area contributed by atoms with E-state index in [1.165, 1.54) is 6.07 Å². The second-order valence-electron chi connectivity index (χ2n) is 12.1. The highest BCUT2D eigenvalue weighted by atomic mass is 35.5. The van der Waals surface area contributed by atoms with Crippen molar-refractivity contribution in [3.8, 4) is 0 Å². The molecular formula is C29H31Cl2FN2O2. The van der Waals surface area contributed by atoms with Crippen LogP contribution in [-0.4, -0.2) is 23.3 Å². The van der Waals surface area contributed by atoms with Crippen LogP contribution in [0.2, 0.25) is 10.0 Å². The normalized spacial score (nSPS) is 30.0. The third-order valence-electron chi connectivity index (χ3n) is 9.29. The average molecular weight is 529 g/mol. The number of fused-ring (bicyclic) bond motifs is 3. The van der Waals surface area contributed by atoms with Crippen LogP contribution in [0.4, 0.5) is 10.1 Å². The molecule has 0 aromatic heterocycles. The Labute approximate surface area is 221 Å². The molecule has 1 amide bonds. The van der Waals surface area contributed by atoms with Gasteiger partial charge in [-0.05, 0) is 66.3 Å². The van der Waals surface area contributed by atoms with E-state index in [0.717, 1.165) is 44.1 Å². The number of anilines is 1. The zero-order chi connectivity index (χ0) is 25.5. The summed E-state index contributed by atoms with van der Waals surface area (Å²) in [6, 6.07) is 9.64. The van der Waals surface area contributed by atoms with Crippen molar-refractivity contribution in [3.63, 3.8) is 0 Å². The number of hydrogen-bond acceptors (Lipinski definition) is 3. The molecule has 3 atom stereocenters. The maximum Gasteiger partial charge on any atom is 0.237 e. The SMILES string of the molecule is CC1(C)CC(CC(=O)C2NC3(CCCC3)C3(C(=O)Nc4cc(Cl)ccc43)C2c2cccc(Cl)c2F)C1. The molecule has 4 nitrogen and oxygen atoms in total. The van der Waals surface area contributed by atoms with Crippen LogP contribution in [0.25, 0.3) is 0 Å². The molecular weight excluding hydrogens is 498 g/mol. The van der Waals surface area contributed by atoms with Gasteiger partial charge >= 0.3 is 0 Å². The number of carbonyl (C=O) groups is 2. The first-order valence-corrected chi connectivity index (χ1v) is 13.7. The molecule has 190 valence electrons. The van der Waals surface area contributed by atoms with E-state index in [1.807, 2.05) is 6.07 Å². The number of nitrogens with one attached hydrogen (secondary N) is 2. The van der Waals surface area contributed by atoms with Crippen LogP contribution in [0.1, 0.15) is 75.8 Å². The van der Waals surface area contributed by atoms with Gasteiger partial charge in [0.15, 0.2) is 5.78 Å². The van der Waals surface area contributed by atoms with Gasteiger partial charge in [0.25, 0.3) is 0 Å². The number of benzene rings is 2. The van der Waals surface area contributed by atoms with E-state index in [1.54, 1.807) is 24.3 Å². The monoisotopic (exact) mass is 528 g/mol. The van der Waals surface area contributed by atoms with E-state index in [9.17, 15) is 9.59 Å². The average Bonchev–Trinajstić information content (AvgIpc) is 3.46. The first-order valence-electron chi connectivity index (χ1n) is 12.9. The summed E-state index contributed by atoms with van der Waals surface area (Å²) in [5.41, 5.74) is 0.203. The zero-order valence-corrected chi connectivity index (χ0v) is 22.1. The number of rotatable bonds is 4. The molecule has 2 aliphatic heterocycles. The first-order chi connectivity index (χ1) is 17.1. The summed E-state index contributed by atoms with van der Waals surface area (Å²) in [6.07, 6.45) is 5.78. The summed E-state index contributed by atoms with van der Waals surface area (Å²) in [6.45, 7) is 4.44. The molecule has 6 rings (SSSR count). The predicted molar refractivity (Wildman–Crippen MR) is 140 cm³/mol. The summed E-state index contributed by atoms with van der Waals surface area (Å²) in [5, 5.41) is 7.27. The summed E-state index contributed by atoms with van der Waals surface area (Å²) in [5.74, 6) is -1.11. The lowest BCUT2D eigenvalue weighted by Crippen LogP contribution is -2.57. The number of halogens is 3. The van der Waals surface area contributed by atoms with Gasteiger partial charge in [-0.1, -0.05) is 68.1 Å². The smallest absolute Gasteiger partial charge is 0.237 e. The predicted octanol–water partition coefficient (Wildman–Crippen LogP) is 6.79. The standard InChI is InChI=1S/C29H31Cl2FN2O2/c1-27(2)14-16(15-27)12-22(35)25-23(18-6-5-7-20(31)24(18)32)29(28(34-25)10-3-4-11-28)19-9-8-17(30)13-21(19)33-26(29)36/h5-9,13,16,23,25,34H,3-4,10-12,14-15H2,1-2H3,(H,33,36). The Morgan fingerprint density at radius 3 is 2.53 bits per heavy atom. The summed E-state index contributed by atoms with van der Waals surface area (Å²) in [4.78, 5) is 28.2. The molecule has 3 fully saturated rings. The minimum Gasteiger partial charge on any atom is -0.325 e. The lowest BCUT2D eigenvalue weighted by molar-refractivity contribution is -0.124. The Balaban J connectivity index is 1.55. The molecule has 3 unspecified atom stereocenters. The van der Waals surface area contributed by atoms with Crippen molar-refractivity contribution < 1.29 is 14.0 Å². The third kappa shape index (κ3) is 3.35. The molecule has 2 heterocycles. The molecule has 4 aliphatic rings. The molecule has 0 radical (unpaired) electrons. The molecule has 2 aromatic carbocycles. The van der Waals surface area contributed by atoms with Crippen LogP contribution >= 0.6 is 23.2 Å². The van der Waals surface area contributed by atoms with Gasteiger partial charge in [0, 0.05) is 28.6 Å². The van der Waals surface area contributed by atoms with Crippen molar-refractivity contribution in [3.05, 3.63) is 63.4 Å². The first kappa shape index (κ1) is 24.4. The minimum atomic E-state index is -1.14. The van der Waals surface area contributed by atoms with E-state index >= 15 is 4.39 Å². The third-order valence-corrected chi connectivity index (χ3v) is 9.82. The van der Waals surface area contributed by atoms with E-state index < -0.39 is 28.7 Å². The maximum atomic E-state index is 15.8. The second-order valence-corrected chi connectivity index (χ2v) is 12.9. The number of carbonyl (C=O) groups excluding carboxylic acids is 2. The number of amides is 1. The van der Waals surface area contributed by atoms with E-state index in [2.05, 4.69) is 24.5 Å². The molecule has 2 spiro atoms. The Morgan fingerprint density at radius 2 is 1.83 bits per heavy atom. The Bertz CT molecular complexity index is 1260. The molecule has 2 aromatic rings. The van der Waals surface area contributed by atoms with Crippen molar-refractivity contribution in [2.45, 2.75) is 81.7 Å². The van der Waals surface area contributed by atoms with Gasteiger partial charge in [0.05, 0.1) is 11.1 Å². The van der Waals surface area contributed by atoms with E-state index in [4.69, 9.17) is 23.2 Å². The van der Waals surface area contributed by atoms with Gasteiger partial charge in [-0.15, -0.1) is 0 Å². The van der Waals surface area contributed by atoms with Crippen molar-refractivity contribution >= 4 is 40.6 Å². The van der Waals surface area contributed by atoms with Crippen molar-refractivity contribution in [1.29, 1.82) is 0 Å². The summed E-state index contributed by atoms with van der Waals surface area (Å²) < 4.78 is 15.8. The minimum absolute atomic E-state index is 0.00306. The van der Waals surface area contributed by atoms with Gasteiger partial charge < -0.3 is 5.32 Å². The number of ketones is 1. The lowest BCUT2D eigenvalue weighted by Gasteiger charge is -2.43. The molecule has 36 heavy (non-hydrogen) atoms.